The van der Waals surface area contributed by atoms with Crippen molar-refractivity contribution in [3.63, 3.8) is 0 Å². The van der Waals surface area contributed by atoms with E-state index in [4.69, 9.17) is 4.74 Å². The van der Waals surface area contributed by atoms with E-state index in [1.807, 2.05) is 0 Å². The number of benzene rings is 1. The molecule has 0 fully saturated rings. The average Bonchev–Trinajstić information content (AvgIpc) is 2.70. The van der Waals surface area contributed by atoms with E-state index in [-0.39, 0.29) is 5.82 Å². The van der Waals surface area contributed by atoms with Crippen LogP contribution in [0.1, 0.15) is 5.56 Å². The van der Waals surface area contributed by atoms with Crippen LogP contribution in [0.15, 0.2) is 30.5 Å². The summed E-state index contributed by atoms with van der Waals surface area (Å²) in [4.78, 5) is 0. The highest BCUT2D eigenvalue weighted by atomic mass is 32.1. The molecule has 5 heteroatoms. The van der Waals surface area contributed by atoms with Crippen molar-refractivity contribution in [3.8, 4) is 5.88 Å². The Morgan fingerprint density at radius 1 is 1.29 bits per heavy atom. The molecule has 1 heterocycles. The number of halogens is 1. The van der Waals surface area contributed by atoms with Gasteiger partial charge in [-0.3, -0.25) is 0 Å². The van der Waals surface area contributed by atoms with Gasteiger partial charge < -0.3 is 4.74 Å². The Morgan fingerprint density at radius 3 is 2.71 bits per heavy atom. The summed E-state index contributed by atoms with van der Waals surface area (Å²) in [6.07, 6.45) is 1.55. The molecule has 0 atom stereocenters. The highest BCUT2D eigenvalue weighted by Gasteiger charge is 1.98. The average molecular weight is 210 g/mol. The largest absolute Gasteiger partial charge is 0.471 e. The summed E-state index contributed by atoms with van der Waals surface area (Å²) in [5, 5.41) is 0. The first kappa shape index (κ1) is 9.08. The van der Waals surface area contributed by atoms with Crippen LogP contribution in [0.2, 0.25) is 0 Å². The summed E-state index contributed by atoms with van der Waals surface area (Å²) in [6.45, 7) is 0.381. The number of ether oxygens (including phenoxy) is 1. The normalized spacial score (nSPS) is 10.1. The van der Waals surface area contributed by atoms with Gasteiger partial charge in [0.1, 0.15) is 18.6 Å². The smallest absolute Gasteiger partial charge is 0.246 e. The zero-order valence-electron chi connectivity index (χ0n) is 7.18. The van der Waals surface area contributed by atoms with Crippen LogP contribution in [0.3, 0.4) is 0 Å². The molecule has 1 aromatic carbocycles. The molecule has 1 aromatic heterocycles. The molecule has 0 aliphatic heterocycles. The van der Waals surface area contributed by atoms with Gasteiger partial charge in [0.25, 0.3) is 0 Å². The van der Waals surface area contributed by atoms with Crippen LogP contribution in [-0.4, -0.2) is 8.75 Å². The Balaban J connectivity index is 1.95. The highest BCUT2D eigenvalue weighted by Crippen LogP contribution is 2.09. The minimum Gasteiger partial charge on any atom is -0.471 e. The van der Waals surface area contributed by atoms with Crippen molar-refractivity contribution in [2.24, 2.45) is 0 Å². The topological polar surface area (TPSA) is 35.0 Å². The Labute approximate surface area is 84.5 Å². The first-order valence-electron chi connectivity index (χ1n) is 3.99. The van der Waals surface area contributed by atoms with Crippen LogP contribution in [0.4, 0.5) is 4.39 Å². The maximum Gasteiger partial charge on any atom is 0.246 e. The van der Waals surface area contributed by atoms with Gasteiger partial charge in [0.15, 0.2) is 0 Å². The second kappa shape index (κ2) is 4.15. The molecular formula is C9H7FN2OS. The summed E-state index contributed by atoms with van der Waals surface area (Å²) in [6, 6.07) is 6.15. The SMILES string of the molecule is Fc1ccc(COc2cnsn2)cc1. The number of rotatable bonds is 3. The summed E-state index contributed by atoms with van der Waals surface area (Å²) in [7, 11) is 0. The van der Waals surface area contributed by atoms with Gasteiger partial charge in [0.05, 0.1) is 11.7 Å². The monoisotopic (exact) mass is 210 g/mol. The van der Waals surface area contributed by atoms with Crippen molar-refractivity contribution >= 4 is 11.7 Å². The van der Waals surface area contributed by atoms with Crippen LogP contribution in [0.5, 0.6) is 5.88 Å². The van der Waals surface area contributed by atoms with Gasteiger partial charge in [-0.05, 0) is 17.7 Å². The molecule has 2 aromatic rings. The van der Waals surface area contributed by atoms with Gasteiger partial charge in [-0.2, -0.15) is 4.37 Å². The lowest BCUT2D eigenvalue weighted by Crippen LogP contribution is -1.95. The summed E-state index contributed by atoms with van der Waals surface area (Å²) < 4.78 is 25.5. The Morgan fingerprint density at radius 2 is 2.07 bits per heavy atom. The molecule has 0 bridgehead atoms. The molecule has 0 N–H and O–H groups in total. The van der Waals surface area contributed by atoms with Crippen LogP contribution >= 0.6 is 11.7 Å². The minimum absolute atomic E-state index is 0.246. The zero-order chi connectivity index (χ0) is 9.80. The summed E-state index contributed by atoms with van der Waals surface area (Å²) in [5.41, 5.74) is 0.902. The van der Waals surface area contributed by atoms with Crippen molar-refractivity contribution in [2.45, 2.75) is 6.61 Å². The summed E-state index contributed by atoms with van der Waals surface area (Å²) in [5.74, 6) is 0.253. The molecule has 0 radical (unpaired) electrons. The molecule has 2 rings (SSSR count). The van der Waals surface area contributed by atoms with E-state index in [0.717, 1.165) is 17.3 Å². The molecule has 0 spiro atoms. The predicted octanol–water partition coefficient (Wildman–Crippen LogP) is 2.26. The maximum atomic E-state index is 12.5. The summed E-state index contributed by atoms with van der Waals surface area (Å²) >= 11 is 1.09. The van der Waals surface area contributed by atoms with Gasteiger partial charge in [-0.15, -0.1) is 4.37 Å². The van der Waals surface area contributed by atoms with Crippen LogP contribution in [-0.2, 0) is 6.61 Å². The molecule has 72 valence electrons. The Kier molecular flexibility index (Phi) is 2.69. The molecular weight excluding hydrogens is 203 g/mol. The molecule has 3 nitrogen and oxygen atoms in total. The zero-order valence-corrected chi connectivity index (χ0v) is 8.00. The minimum atomic E-state index is -0.246. The third-order valence-corrected chi connectivity index (χ3v) is 2.10. The third-order valence-electron chi connectivity index (χ3n) is 1.64. The molecule has 0 aliphatic rings. The van der Waals surface area contributed by atoms with E-state index in [1.165, 1.54) is 12.1 Å². The third kappa shape index (κ3) is 2.26. The molecule has 14 heavy (non-hydrogen) atoms. The van der Waals surface area contributed by atoms with Gasteiger partial charge in [0, 0.05) is 0 Å². The second-order valence-corrected chi connectivity index (χ2v) is 3.22. The van der Waals surface area contributed by atoms with Crippen molar-refractivity contribution in [3.05, 3.63) is 41.8 Å². The molecule has 0 saturated carbocycles. The second-order valence-electron chi connectivity index (χ2n) is 2.66. The number of hydrogen-bond acceptors (Lipinski definition) is 4. The molecule has 0 unspecified atom stereocenters. The predicted molar refractivity (Wildman–Crippen MR) is 50.6 cm³/mol. The number of nitrogens with zero attached hydrogens (tertiary/aromatic N) is 2. The molecule has 0 aliphatic carbocycles. The lowest BCUT2D eigenvalue weighted by atomic mass is 10.2. The molecule has 0 amide bonds. The standard InChI is InChI=1S/C9H7FN2OS/c10-8-3-1-7(2-4-8)6-13-9-5-11-14-12-9/h1-5H,6H2. The van der Waals surface area contributed by atoms with Crippen molar-refractivity contribution in [1.82, 2.24) is 8.75 Å². The Hall–Kier alpha value is -1.49. The first-order chi connectivity index (χ1) is 6.84. The maximum absolute atomic E-state index is 12.5. The van der Waals surface area contributed by atoms with E-state index in [9.17, 15) is 4.39 Å². The first-order valence-corrected chi connectivity index (χ1v) is 4.72. The fraction of sp³-hybridized carbons (Fsp3) is 0.111. The fourth-order valence-electron chi connectivity index (χ4n) is 0.958. The van der Waals surface area contributed by atoms with Crippen molar-refractivity contribution < 1.29 is 9.13 Å². The van der Waals surface area contributed by atoms with Crippen LogP contribution < -0.4 is 4.74 Å². The van der Waals surface area contributed by atoms with E-state index < -0.39 is 0 Å². The quantitative estimate of drug-likeness (QED) is 0.779. The van der Waals surface area contributed by atoms with Crippen LogP contribution in [0.25, 0.3) is 0 Å². The van der Waals surface area contributed by atoms with E-state index in [2.05, 4.69) is 8.75 Å². The van der Waals surface area contributed by atoms with Gasteiger partial charge >= 0.3 is 0 Å². The van der Waals surface area contributed by atoms with Gasteiger partial charge in [0.2, 0.25) is 5.88 Å². The van der Waals surface area contributed by atoms with Gasteiger partial charge in [-0.25, -0.2) is 4.39 Å². The lowest BCUT2D eigenvalue weighted by Gasteiger charge is -2.01. The van der Waals surface area contributed by atoms with Crippen molar-refractivity contribution in [2.75, 3.05) is 0 Å². The van der Waals surface area contributed by atoms with E-state index in [0.29, 0.717) is 12.5 Å². The number of aromatic nitrogens is 2. The van der Waals surface area contributed by atoms with E-state index in [1.54, 1.807) is 18.3 Å². The number of hydrogen-bond donors (Lipinski definition) is 0. The van der Waals surface area contributed by atoms with Crippen molar-refractivity contribution in [1.29, 1.82) is 0 Å². The van der Waals surface area contributed by atoms with E-state index >= 15 is 0 Å². The Bertz CT molecular complexity index is 388. The molecule has 0 saturated heterocycles. The lowest BCUT2D eigenvalue weighted by molar-refractivity contribution is 0.296. The van der Waals surface area contributed by atoms with Crippen LogP contribution in [0, 0.1) is 5.82 Å². The van der Waals surface area contributed by atoms with Gasteiger partial charge in [-0.1, -0.05) is 12.1 Å². The highest BCUT2D eigenvalue weighted by molar-refractivity contribution is 6.99. The fourth-order valence-corrected chi connectivity index (χ4v) is 1.32.